The van der Waals surface area contributed by atoms with Crippen LogP contribution in [-0.4, -0.2) is 19.0 Å². The number of carbonyl (C=O) groups is 2. The van der Waals surface area contributed by atoms with Crippen LogP contribution in [0.15, 0.2) is 42.5 Å². The van der Waals surface area contributed by atoms with Gasteiger partial charge in [0.15, 0.2) is 0 Å². The van der Waals surface area contributed by atoms with Crippen LogP contribution in [-0.2, 0) is 20.9 Å². The van der Waals surface area contributed by atoms with E-state index in [2.05, 4.69) is 10.1 Å². The zero-order valence-corrected chi connectivity index (χ0v) is 10.1. The maximum Gasteiger partial charge on any atom is 0.313 e. The molecule has 18 heavy (non-hydrogen) atoms. The summed E-state index contributed by atoms with van der Waals surface area (Å²) in [5.41, 5.74) is 1.03. The monoisotopic (exact) mass is 245 g/mol. The fraction of sp³-hybridized carbons (Fsp3) is 0.286. The number of methoxy groups -OCH3 is 1. The first-order valence-corrected chi connectivity index (χ1v) is 5.80. The van der Waals surface area contributed by atoms with Gasteiger partial charge in [0, 0.05) is 6.54 Å². The van der Waals surface area contributed by atoms with Gasteiger partial charge in [0.2, 0.25) is 5.91 Å². The van der Waals surface area contributed by atoms with Gasteiger partial charge in [-0.15, -0.1) is 0 Å². The van der Waals surface area contributed by atoms with Crippen molar-refractivity contribution in [3.8, 4) is 0 Å². The Labute approximate surface area is 106 Å². The molecule has 0 bridgehead atoms. The third kappa shape index (κ3) is 2.59. The van der Waals surface area contributed by atoms with E-state index < -0.39 is 11.8 Å². The third-order valence-corrected chi connectivity index (χ3v) is 3.00. The summed E-state index contributed by atoms with van der Waals surface area (Å²) in [4.78, 5) is 23.2. The lowest BCUT2D eigenvalue weighted by molar-refractivity contribution is -0.148. The van der Waals surface area contributed by atoms with Crippen molar-refractivity contribution in [2.24, 2.45) is 11.8 Å². The first-order chi connectivity index (χ1) is 8.72. The lowest BCUT2D eigenvalue weighted by Gasteiger charge is -2.25. The van der Waals surface area contributed by atoms with Crippen LogP contribution in [0.1, 0.15) is 5.56 Å². The molecule has 1 N–H and O–H groups in total. The van der Waals surface area contributed by atoms with Gasteiger partial charge in [-0.2, -0.15) is 0 Å². The molecule has 0 radical (unpaired) electrons. The largest absolute Gasteiger partial charge is 0.469 e. The second-order valence-electron chi connectivity index (χ2n) is 4.16. The number of esters is 1. The quantitative estimate of drug-likeness (QED) is 0.642. The molecule has 4 heteroatoms. The van der Waals surface area contributed by atoms with E-state index in [1.807, 2.05) is 30.3 Å². The van der Waals surface area contributed by atoms with Crippen LogP contribution in [0.4, 0.5) is 0 Å². The van der Waals surface area contributed by atoms with Crippen molar-refractivity contribution in [3.63, 3.8) is 0 Å². The number of ether oxygens (including phenoxy) is 1. The molecule has 0 aromatic heterocycles. The molecule has 0 saturated heterocycles. The summed E-state index contributed by atoms with van der Waals surface area (Å²) >= 11 is 0. The molecule has 2 atom stereocenters. The Morgan fingerprint density at radius 1 is 1.17 bits per heavy atom. The minimum Gasteiger partial charge on any atom is -0.469 e. The summed E-state index contributed by atoms with van der Waals surface area (Å²) in [7, 11) is 1.33. The van der Waals surface area contributed by atoms with Crippen LogP contribution in [0.2, 0.25) is 0 Å². The van der Waals surface area contributed by atoms with Gasteiger partial charge in [0.25, 0.3) is 0 Å². The number of carbonyl (C=O) groups excluding carboxylic acids is 2. The minimum absolute atomic E-state index is 0.142. The highest BCUT2D eigenvalue weighted by Gasteiger charge is 2.36. The minimum atomic E-state index is -0.439. The highest BCUT2D eigenvalue weighted by molar-refractivity contribution is 5.90. The van der Waals surface area contributed by atoms with Crippen LogP contribution in [0.3, 0.4) is 0 Å². The first-order valence-electron chi connectivity index (χ1n) is 5.80. The number of nitrogens with one attached hydrogen (secondary N) is 1. The Morgan fingerprint density at radius 2 is 1.83 bits per heavy atom. The van der Waals surface area contributed by atoms with E-state index in [-0.39, 0.29) is 11.9 Å². The Hall–Kier alpha value is -2.10. The van der Waals surface area contributed by atoms with Gasteiger partial charge in [-0.05, 0) is 5.56 Å². The fourth-order valence-electron chi connectivity index (χ4n) is 1.85. The Bertz CT molecular complexity index is 467. The van der Waals surface area contributed by atoms with Gasteiger partial charge in [0.1, 0.15) is 0 Å². The lowest BCUT2D eigenvalue weighted by atomic mass is 9.81. The van der Waals surface area contributed by atoms with Crippen LogP contribution in [0, 0.1) is 11.8 Å². The topological polar surface area (TPSA) is 55.4 Å². The summed E-state index contributed by atoms with van der Waals surface area (Å²) < 4.78 is 4.63. The second kappa shape index (κ2) is 5.49. The molecule has 4 nitrogen and oxygen atoms in total. The Morgan fingerprint density at radius 3 is 2.39 bits per heavy atom. The predicted octanol–water partition coefficient (Wildman–Crippen LogP) is 1.28. The molecule has 0 saturated carbocycles. The van der Waals surface area contributed by atoms with Crippen LogP contribution < -0.4 is 5.32 Å². The van der Waals surface area contributed by atoms with Crippen LogP contribution >= 0.6 is 0 Å². The highest BCUT2D eigenvalue weighted by Crippen LogP contribution is 2.26. The van der Waals surface area contributed by atoms with E-state index in [1.165, 1.54) is 7.11 Å². The third-order valence-electron chi connectivity index (χ3n) is 3.00. The molecule has 1 aromatic carbocycles. The van der Waals surface area contributed by atoms with Gasteiger partial charge in [-0.3, -0.25) is 9.59 Å². The van der Waals surface area contributed by atoms with E-state index >= 15 is 0 Å². The molecule has 0 heterocycles. The van der Waals surface area contributed by atoms with Gasteiger partial charge >= 0.3 is 5.97 Å². The Kier molecular flexibility index (Phi) is 3.77. The number of rotatable bonds is 4. The molecule has 94 valence electrons. The molecule has 0 spiro atoms. The van der Waals surface area contributed by atoms with Crippen LogP contribution in [0.25, 0.3) is 0 Å². The Balaban J connectivity index is 1.86. The van der Waals surface area contributed by atoms with Gasteiger partial charge in [-0.1, -0.05) is 42.5 Å². The average molecular weight is 245 g/mol. The molecule has 2 rings (SSSR count). The van der Waals surface area contributed by atoms with Crippen molar-refractivity contribution in [2.45, 2.75) is 6.54 Å². The van der Waals surface area contributed by atoms with Gasteiger partial charge in [0.05, 0.1) is 18.9 Å². The van der Waals surface area contributed by atoms with Crippen molar-refractivity contribution in [1.82, 2.24) is 5.32 Å². The smallest absolute Gasteiger partial charge is 0.313 e. The zero-order chi connectivity index (χ0) is 13.0. The lowest BCUT2D eigenvalue weighted by Crippen LogP contribution is -2.40. The molecule has 0 unspecified atom stereocenters. The van der Waals surface area contributed by atoms with Crippen molar-refractivity contribution >= 4 is 11.9 Å². The summed E-state index contributed by atoms with van der Waals surface area (Å²) in [5, 5.41) is 2.81. The molecule has 0 aliphatic heterocycles. The standard InChI is InChI=1S/C14H15NO3/c1-18-14(17)12-8-7-11(12)13(16)15-9-10-5-3-2-4-6-10/h2-8,11-12H,9H2,1H3,(H,15,16)/t11-,12-/m1/s1. The van der Waals surface area contributed by atoms with Gasteiger partial charge in [-0.25, -0.2) is 0 Å². The maximum atomic E-state index is 11.9. The van der Waals surface area contributed by atoms with E-state index in [0.717, 1.165) is 5.56 Å². The summed E-state index contributed by atoms with van der Waals surface area (Å²) in [6, 6.07) is 9.64. The van der Waals surface area contributed by atoms with E-state index in [9.17, 15) is 9.59 Å². The number of benzene rings is 1. The molecule has 1 amide bonds. The fourth-order valence-corrected chi connectivity index (χ4v) is 1.85. The van der Waals surface area contributed by atoms with Crippen LogP contribution in [0.5, 0.6) is 0 Å². The molecular formula is C14H15NO3. The highest BCUT2D eigenvalue weighted by atomic mass is 16.5. The molecule has 0 fully saturated rings. The molecule has 1 aromatic rings. The van der Waals surface area contributed by atoms with E-state index in [1.54, 1.807) is 12.2 Å². The number of amides is 1. The summed E-state index contributed by atoms with van der Waals surface area (Å²) in [6.45, 7) is 0.470. The number of hydrogen-bond acceptors (Lipinski definition) is 3. The van der Waals surface area contributed by atoms with Gasteiger partial charge < -0.3 is 10.1 Å². The van der Waals surface area contributed by atoms with E-state index in [0.29, 0.717) is 6.54 Å². The average Bonchev–Trinajstić information content (AvgIpc) is 2.36. The maximum absolute atomic E-state index is 11.9. The summed E-state index contributed by atoms with van der Waals surface area (Å²) in [6.07, 6.45) is 3.42. The normalized spacial score (nSPS) is 20.9. The van der Waals surface area contributed by atoms with Crippen molar-refractivity contribution < 1.29 is 14.3 Å². The van der Waals surface area contributed by atoms with Crippen molar-refractivity contribution in [3.05, 3.63) is 48.0 Å². The first kappa shape index (κ1) is 12.4. The molecule has 1 aliphatic carbocycles. The predicted molar refractivity (Wildman–Crippen MR) is 66.4 cm³/mol. The molecule has 1 aliphatic rings. The zero-order valence-electron chi connectivity index (χ0n) is 10.1. The van der Waals surface area contributed by atoms with Crippen molar-refractivity contribution in [2.75, 3.05) is 7.11 Å². The number of hydrogen-bond donors (Lipinski definition) is 1. The SMILES string of the molecule is COC(=O)[C@@H]1C=C[C@H]1C(=O)NCc1ccccc1. The summed E-state index contributed by atoms with van der Waals surface area (Å²) in [5.74, 6) is -1.35. The van der Waals surface area contributed by atoms with Crippen molar-refractivity contribution in [1.29, 1.82) is 0 Å². The molecular weight excluding hydrogens is 230 g/mol. The van der Waals surface area contributed by atoms with E-state index in [4.69, 9.17) is 0 Å². The second-order valence-corrected chi connectivity index (χ2v) is 4.16.